The van der Waals surface area contributed by atoms with Crippen LogP contribution in [0.4, 0.5) is 0 Å². The molecule has 0 saturated carbocycles. The molecule has 0 aliphatic carbocycles. The summed E-state index contributed by atoms with van der Waals surface area (Å²) in [7, 11) is 0. The molecule has 0 fully saturated rings. The number of imidazole rings is 1. The highest BCUT2D eigenvalue weighted by Crippen LogP contribution is 2.21. The summed E-state index contributed by atoms with van der Waals surface area (Å²) in [5.74, 6) is 1.07. The van der Waals surface area contributed by atoms with Crippen molar-refractivity contribution < 1.29 is 5.11 Å². The van der Waals surface area contributed by atoms with Crippen molar-refractivity contribution in [1.29, 1.82) is 0 Å². The third-order valence-electron chi connectivity index (χ3n) is 4.34. The maximum absolute atomic E-state index is 8.84. The number of nitrogens with zero attached hydrogens (tertiary/aromatic N) is 3. The molecule has 0 amide bonds. The molecule has 2 heterocycles. The van der Waals surface area contributed by atoms with E-state index in [9.17, 15) is 0 Å². The minimum atomic E-state index is 0.188. The van der Waals surface area contributed by atoms with E-state index in [1.54, 1.807) is 0 Å². The van der Waals surface area contributed by atoms with E-state index in [-0.39, 0.29) is 6.61 Å². The molecule has 0 saturated heterocycles. The second kappa shape index (κ2) is 7.62. The fourth-order valence-corrected chi connectivity index (χ4v) is 3.10. The minimum absolute atomic E-state index is 0.188. The lowest BCUT2D eigenvalue weighted by Crippen LogP contribution is -2.05. The third kappa shape index (κ3) is 3.80. The van der Waals surface area contributed by atoms with Crippen LogP contribution in [0.25, 0.3) is 17.2 Å². The van der Waals surface area contributed by atoms with Crippen molar-refractivity contribution in [1.82, 2.24) is 14.5 Å². The highest BCUT2D eigenvalue weighted by Gasteiger charge is 2.13. The van der Waals surface area contributed by atoms with Crippen molar-refractivity contribution in [3.05, 3.63) is 64.6 Å². The summed E-state index contributed by atoms with van der Waals surface area (Å²) in [5, 5.41) is 8.84. The Balaban J connectivity index is 1.92. The fraction of sp³-hybridized carbons (Fsp3) is 0.333. The first-order chi connectivity index (χ1) is 12.1. The predicted molar refractivity (Wildman–Crippen MR) is 103 cm³/mol. The van der Waals surface area contributed by atoms with Crippen LogP contribution in [0.2, 0.25) is 0 Å². The van der Waals surface area contributed by atoms with Crippen LogP contribution in [0.15, 0.2) is 36.4 Å². The Morgan fingerprint density at radius 3 is 2.56 bits per heavy atom. The van der Waals surface area contributed by atoms with Gasteiger partial charge in [-0.2, -0.15) is 0 Å². The van der Waals surface area contributed by atoms with Crippen LogP contribution < -0.4 is 0 Å². The molecule has 3 rings (SSSR count). The number of aryl methyl sites for hydroxylation is 3. The normalized spacial score (nSPS) is 11.7. The van der Waals surface area contributed by atoms with E-state index in [2.05, 4.69) is 48.7 Å². The van der Waals surface area contributed by atoms with Crippen molar-refractivity contribution in [2.24, 2.45) is 0 Å². The molecule has 0 spiro atoms. The first-order valence-corrected chi connectivity index (χ1v) is 8.82. The van der Waals surface area contributed by atoms with Crippen LogP contribution in [-0.4, -0.2) is 26.2 Å². The Bertz CT molecular complexity index is 892. The van der Waals surface area contributed by atoms with Crippen LogP contribution in [-0.2, 0) is 13.0 Å². The standard InChI is InChI=1S/C21H25N3O/c1-4-19-23-20-15(2)13-16(3)22-21(20)24(19)14-18-10-8-17(9-11-18)7-5-6-12-25/h5,7-11,13,25H,4,6,12,14H2,1-3H3/b7-5+. The molecule has 0 unspecified atom stereocenters. The van der Waals surface area contributed by atoms with Crippen LogP contribution in [0, 0.1) is 13.8 Å². The van der Waals surface area contributed by atoms with Crippen LogP contribution in [0.5, 0.6) is 0 Å². The Kier molecular flexibility index (Phi) is 5.29. The van der Waals surface area contributed by atoms with E-state index < -0.39 is 0 Å². The van der Waals surface area contributed by atoms with Crippen molar-refractivity contribution in [3.63, 3.8) is 0 Å². The lowest BCUT2D eigenvalue weighted by molar-refractivity contribution is 0.303. The van der Waals surface area contributed by atoms with Gasteiger partial charge in [-0.15, -0.1) is 0 Å². The number of fused-ring (bicyclic) bond motifs is 1. The molecule has 1 aromatic carbocycles. The molecule has 0 radical (unpaired) electrons. The molecule has 0 atom stereocenters. The minimum Gasteiger partial charge on any atom is -0.396 e. The quantitative estimate of drug-likeness (QED) is 0.739. The smallest absolute Gasteiger partial charge is 0.160 e. The van der Waals surface area contributed by atoms with Crippen molar-refractivity contribution in [3.8, 4) is 0 Å². The molecule has 130 valence electrons. The van der Waals surface area contributed by atoms with Crippen molar-refractivity contribution in [2.75, 3.05) is 6.61 Å². The van der Waals surface area contributed by atoms with Gasteiger partial charge in [0.2, 0.25) is 0 Å². The summed E-state index contributed by atoms with van der Waals surface area (Å²) in [6.45, 7) is 7.23. The van der Waals surface area contributed by atoms with Gasteiger partial charge in [0.05, 0.1) is 6.54 Å². The van der Waals surface area contributed by atoms with Gasteiger partial charge in [-0.1, -0.05) is 43.3 Å². The van der Waals surface area contributed by atoms with Crippen molar-refractivity contribution in [2.45, 2.75) is 40.2 Å². The van der Waals surface area contributed by atoms with Gasteiger partial charge in [0.1, 0.15) is 11.3 Å². The van der Waals surface area contributed by atoms with Gasteiger partial charge in [-0.25, -0.2) is 9.97 Å². The molecule has 4 heteroatoms. The molecule has 1 N–H and O–H groups in total. The molecule has 0 aliphatic heterocycles. The highest BCUT2D eigenvalue weighted by atomic mass is 16.2. The van der Waals surface area contributed by atoms with E-state index >= 15 is 0 Å². The highest BCUT2D eigenvalue weighted by molar-refractivity contribution is 5.76. The second-order valence-corrected chi connectivity index (χ2v) is 6.38. The Morgan fingerprint density at radius 2 is 1.88 bits per heavy atom. The molecular formula is C21H25N3O. The number of benzene rings is 1. The summed E-state index contributed by atoms with van der Waals surface area (Å²) in [5.41, 5.74) is 6.56. The number of aromatic nitrogens is 3. The molecule has 4 nitrogen and oxygen atoms in total. The SMILES string of the molecule is CCc1nc2c(C)cc(C)nc2n1Cc1ccc(/C=C/CCO)cc1. The van der Waals surface area contributed by atoms with E-state index in [0.29, 0.717) is 6.42 Å². The van der Waals surface area contributed by atoms with Gasteiger partial charge in [-0.3, -0.25) is 0 Å². The zero-order valence-corrected chi connectivity index (χ0v) is 15.2. The molecular weight excluding hydrogens is 310 g/mol. The largest absolute Gasteiger partial charge is 0.396 e. The number of hydrogen-bond donors (Lipinski definition) is 1. The zero-order chi connectivity index (χ0) is 17.8. The van der Waals surface area contributed by atoms with Gasteiger partial charge in [0.25, 0.3) is 0 Å². The number of aliphatic hydroxyl groups excluding tert-OH is 1. The van der Waals surface area contributed by atoms with Crippen LogP contribution >= 0.6 is 0 Å². The zero-order valence-electron chi connectivity index (χ0n) is 15.2. The van der Waals surface area contributed by atoms with Gasteiger partial charge in [-0.05, 0) is 43.0 Å². The van der Waals surface area contributed by atoms with Gasteiger partial charge < -0.3 is 9.67 Å². The Morgan fingerprint density at radius 1 is 1.12 bits per heavy atom. The lowest BCUT2D eigenvalue weighted by atomic mass is 10.1. The number of rotatable bonds is 6. The predicted octanol–water partition coefficient (Wildman–Crippen LogP) is 4.05. The monoisotopic (exact) mass is 335 g/mol. The summed E-state index contributed by atoms with van der Waals surface area (Å²) < 4.78 is 2.23. The van der Waals surface area contributed by atoms with Crippen molar-refractivity contribution >= 4 is 17.2 Å². The maximum atomic E-state index is 8.84. The first kappa shape index (κ1) is 17.4. The summed E-state index contributed by atoms with van der Waals surface area (Å²) in [6, 6.07) is 10.6. The van der Waals surface area contributed by atoms with Crippen LogP contribution in [0.3, 0.4) is 0 Å². The Labute approximate surface area is 148 Å². The Hall–Kier alpha value is -2.46. The topological polar surface area (TPSA) is 50.9 Å². The second-order valence-electron chi connectivity index (χ2n) is 6.38. The molecule has 0 aliphatic rings. The maximum Gasteiger partial charge on any atom is 0.160 e. The van der Waals surface area contributed by atoms with E-state index in [0.717, 1.165) is 41.2 Å². The van der Waals surface area contributed by atoms with E-state index in [1.807, 2.05) is 19.1 Å². The number of pyridine rings is 1. The average molecular weight is 335 g/mol. The van der Waals surface area contributed by atoms with Gasteiger partial charge in [0.15, 0.2) is 5.65 Å². The molecule has 2 aromatic heterocycles. The molecule has 25 heavy (non-hydrogen) atoms. The average Bonchev–Trinajstić information content (AvgIpc) is 2.95. The third-order valence-corrected chi connectivity index (χ3v) is 4.34. The van der Waals surface area contributed by atoms with E-state index in [1.165, 1.54) is 11.1 Å². The van der Waals surface area contributed by atoms with E-state index in [4.69, 9.17) is 15.1 Å². The summed E-state index contributed by atoms with van der Waals surface area (Å²) >= 11 is 0. The molecule has 0 bridgehead atoms. The first-order valence-electron chi connectivity index (χ1n) is 8.82. The fourth-order valence-electron chi connectivity index (χ4n) is 3.10. The van der Waals surface area contributed by atoms with Crippen LogP contribution in [0.1, 0.15) is 41.6 Å². The number of hydrogen-bond acceptors (Lipinski definition) is 3. The number of aliphatic hydroxyl groups is 1. The van der Waals surface area contributed by atoms with Gasteiger partial charge >= 0.3 is 0 Å². The molecule has 3 aromatic rings. The van der Waals surface area contributed by atoms with Gasteiger partial charge in [0, 0.05) is 18.7 Å². The summed E-state index contributed by atoms with van der Waals surface area (Å²) in [4.78, 5) is 9.54. The lowest BCUT2D eigenvalue weighted by Gasteiger charge is -2.09. The summed E-state index contributed by atoms with van der Waals surface area (Å²) in [6.07, 6.45) is 5.60.